The van der Waals surface area contributed by atoms with Gasteiger partial charge in [0.1, 0.15) is 5.82 Å². The molecular formula is C25H35N5O3S. The Bertz CT molecular complexity index is 1030. The van der Waals surface area contributed by atoms with Crippen LogP contribution >= 0.6 is 11.3 Å². The van der Waals surface area contributed by atoms with Gasteiger partial charge in [0.25, 0.3) is 5.91 Å². The van der Waals surface area contributed by atoms with Crippen LogP contribution < -0.4 is 10.6 Å². The zero-order valence-corrected chi connectivity index (χ0v) is 21.1. The van der Waals surface area contributed by atoms with Crippen LogP contribution in [0.3, 0.4) is 0 Å². The van der Waals surface area contributed by atoms with Gasteiger partial charge in [-0.25, -0.2) is 4.98 Å². The van der Waals surface area contributed by atoms with Gasteiger partial charge in [-0.1, -0.05) is 0 Å². The van der Waals surface area contributed by atoms with Crippen molar-refractivity contribution in [3.63, 3.8) is 0 Å². The number of likely N-dealkylation sites (tertiary alicyclic amines) is 1. The van der Waals surface area contributed by atoms with Crippen LogP contribution in [-0.2, 0) is 17.8 Å². The molecule has 2 amide bonds. The molecule has 2 aliphatic rings. The van der Waals surface area contributed by atoms with Gasteiger partial charge in [-0.05, 0) is 56.4 Å². The smallest absolute Gasteiger partial charge is 0.251 e. The number of carbonyl (C=O) groups is 2. The van der Waals surface area contributed by atoms with Crippen molar-refractivity contribution in [3.8, 4) is 0 Å². The number of thiophene rings is 1. The Morgan fingerprint density at radius 3 is 2.76 bits per heavy atom. The summed E-state index contributed by atoms with van der Waals surface area (Å²) in [6.45, 7) is 9.95. The maximum atomic E-state index is 12.7. The molecule has 34 heavy (non-hydrogen) atoms. The number of amides is 2. The highest BCUT2D eigenvalue weighted by Gasteiger charge is 2.24. The number of hydrogen-bond acceptors (Lipinski definition) is 7. The number of hydrogen-bond donors (Lipinski definition) is 3. The number of fused-ring (bicyclic) bond motifs is 1. The average molecular weight is 486 g/mol. The first kappa shape index (κ1) is 24.6. The topological polar surface area (TPSA) is 97.8 Å². The summed E-state index contributed by atoms with van der Waals surface area (Å²) in [5, 5.41) is 16.8. The second-order valence-electron chi connectivity index (χ2n) is 9.39. The number of aliphatic hydroxyl groups is 1. The van der Waals surface area contributed by atoms with Gasteiger partial charge in [0.2, 0.25) is 5.91 Å². The van der Waals surface area contributed by atoms with Crippen LogP contribution in [0.2, 0.25) is 0 Å². The molecule has 1 saturated heterocycles. The number of carbonyl (C=O) groups excluding carboxylic acids is 2. The Balaban J connectivity index is 1.24. The summed E-state index contributed by atoms with van der Waals surface area (Å²) in [6.07, 6.45) is 3.72. The van der Waals surface area contributed by atoms with Crippen molar-refractivity contribution in [1.82, 2.24) is 20.1 Å². The normalized spacial score (nSPS) is 17.8. The van der Waals surface area contributed by atoms with E-state index in [1.54, 1.807) is 25.3 Å². The lowest BCUT2D eigenvalue weighted by Gasteiger charge is -2.32. The second kappa shape index (κ2) is 10.8. The Labute approximate surface area is 205 Å². The standard InChI is InChI=1S/C25H35N5O3S/c1-16-17(2)34-23-7-9-29(15-22(16)23)14-21(32)13-27-25(33)19-4-8-26-24(12-19)28-20-5-10-30(11-6-20)18(3)31/h4,8,12,20-21,32H,5-7,9-11,13-15H2,1-3H3,(H,26,28)(H,27,33). The molecule has 0 saturated carbocycles. The highest BCUT2D eigenvalue weighted by molar-refractivity contribution is 7.12. The minimum absolute atomic E-state index is 0.110. The number of aliphatic hydroxyl groups excluding tert-OH is 1. The number of anilines is 1. The molecule has 9 heteroatoms. The lowest BCUT2D eigenvalue weighted by Crippen LogP contribution is -2.42. The summed E-state index contributed by atoms with van der Waals surface area (Å²) in [5.41, 5.74) is 3.30. The molecule has 0 bridgehead atoms. The number of aryl methyl sites for hydroxylation is 1. The molecule has 8 nitrogen and oxygen atoms in total. The summed E-state index contributed by atoms with van der Waals surface area (Å²) < 4.78 is 0. The summed E-state index contributed by atoms with van der Waals surface area (Å²) in [5.74, 6) is 0.542. The van der Waals surface area contributed by atoms with Gasteiger partial charge in [-0.15, -0.1) is 11.3 Å². The van der Waals surface area contributed by atoms with Crippen LogP contribution in [0.25, 0.3) is 0 Å². The minimum Gasteiger partial charge on any atom is -0.390 e. The Morgan fingerprint density at radius 1 is 1.26 bits per heavy atom. The number of rotatable bonds is 7. The van der Waals surface area contributed by atoms with E-state index in [4.69, 9.17) is 0 Å². The van der Waals surface area contributed by atoms with Crippen molar-refractivity contribution < 1.29 is 14.7 Å². The number of piperidine rings is 1. The molecule has 2 aromatic heterocycles. The molecule has 0 spiro atoms. The lowest BCUT2D eigenvalue weighted by atomic mass is 10.0. The largest absolute Gasteiger partial charge is 0.390 e. The van der Waals surface area contributed by atoms with Crippen molar-refractivity contribution in [2.45, 2.75) is 58.7 Å². The zero-order valence-electron chi connectivity index (χ0n) is 20.3. The van der Waals surface area contributed by atoms with Crippen molar-refractivity contribution in [1.29, 1.82) is 0 Å². The maximum Gasteiger partial charge on any atom is 0.251 e. The van der Waals surface area contributed by atoms with Crippen LogP contribution in [0.15, 0.2) is 18.3 Å². The second-order valence-corrected chi connectivity index (χ2v) is 10.7. The predicted octanol–water partition coefficient (Wildman–Crippen LogP) is 2.33. The van der Waals surface area contributed by atoms with Crippen molar-refractivity contribution in [2.24, 2.45) is 0 Å². The summed E-state index contributed by atoms with van der Waals surface area (Å²) >= 11 is 1.89. The van der Waals surface area contributed by atoms with E-state index in [1.807, 2.05) is 16.2 Å². The van der Waals surface area contributed by atoms with Crippen molar-refractivity contribution in [3.05, 3.63) is 44.8 Å². The Hall–Kier alpha value is -2.49. The SMILES string of the molecule is CC(=O)N1CCC(Nc2cc(C(=O)NCC(O)CN3CCc4sc(C)c(C)c4C3)ccn2)CC1. The molecule has 0 radical (unpaired) electrons. The molecule has 2 aliphatic heterocycles. The van der Waals surface area contributed by atoms with E-state index in [9.17, 15) is 14.7 Å². The van der Waals surface area contributed by atoms with E-state index in [-0.39, 0.29) is 24.4 Å². The van der Waals surface area contributed by atoms with E-state index in [1.165, 1.54) is 20.9 Å². The summed E-state index contributed by atoms with van der Waals surface area (Å²) in [4.78, 5) is 35.5. The third-order valence-electron chi connectivity index (χ3n) is 6.91. The molecule has 184 valence electrons. The first-order valence-corrected chi connectivity index (χ1v) is 12.9. The van der Waals surface area contributed by atoms with Crippen LogP contribution in [0.5, 0.6) is 0 Å². The molecule has 0 aliphatic carbocycles. The van der Waals surface area contributed by atoms with Crippen molar-refractivity contribution >= 4 is 29.0 Å². The van der Waals surface area contributed by atoms with Crippen LogP contribution in [0, 0.1) is 13.8 Å². The Kier molecular flexibility index (Phi) is 7.85. The molecule has 4 heterocycles. The van der Waals surface area contributed by atoms with Gasteiger partial charge in [0.15, 0.2) is 0 Å². The molecule has 2 aromatic rings. The highest BCUT2D eigenvalue weighted by Crippen LogP contribution is 2.32. The van der Waals surface area contributed by atoms with Gasteiger partial charge in [0, 0.05) is 73.7 Å². The molecule has 4 rings (SSSR count). The number of aromatic nitrogens is 1. The average Bonchev–Trinajstić information content (AvgIpc) is 3.11. The van der Waals surface area contributed by atoms with E-state index in [0.717, 1.165) is 45.4 Å². The fourth-order valence-electron chi connectivity index (χ4n) is 4.75. The number of β-amino-alcohol motifs (C(OH)–C–C–N with tert-alkyl or cyclic N) is 1. The summed E-state index contributed by atoms with van der Waals surface area (Å²) in [6, 6.07) is 3.65. The monoisotopic (exact) mass is 485 g/mol. The van der Waals surface area contributed by atoms with Crippen LogP contribution in [0.4, 0.5) is 5.82 Å². The molecule has 3 N–H and O–H groups in total. The fraction of sp³-hybridized carbons (Fsp3) is 0.560. The predicted molar refractivity (Wildman–Crippen MR) is 134 cm³/mol. The fourth-order valence-corrected chi connectivity index (χ4v) is 5.93. The number of pyridine rings is 1. The van der Waals surface area contributed by atoms with Gasteiger partial charge >= 0.3 is 0 Å². The first-order valence-electron chi connectivity index (χ1n) is 12.0. The third-order valence-corrected chi connectivity index (χ3v) is 8.22. The van der Waals surface area contributed by atoms with E-state index in [2.05, 4.69) is 34.4 Å². The van der Waals surface area contributed by atoms with E-state index < -0.39 is 6.10 Å². The summed E-state index contributed by atoms with van der Waals surface area (Å²) in [7, 11) is 0. The molecule has 1 unspecified atom stereocenters. The maximum absolute atomic E-state index is 12.7. The zero-order chi connectivity index (χ0) is 24.2. The lowest BCUT2D eigenvalue weighted by molar-refractivity contribution is -0.129. The highest BCUT2D eigenvalue weighted by atomic mass is 32.1. The first-order chi connectivity index (χ1) is 16.3. The Morgan fingerprint density at radius 2 is 2.03 bits per heavy atom. The van der Waals surface area contributed by atoms with E-state index >= 15 is 0 Å². The quantitative estimate of drug-likeness (QED) is 0.557. The number of nitrogens with one attached hydrogen (secondary N) is 2. The van der Waals surface area contributed by atoms with Crippen molar-refractivity contribution in [2.75, 3.05) is 38.0 Å². The third kappa shape index (κ3) is 5.95. The van der Waals surface area contributed by atoms with Gasteiger partial charge in [0.05, 0.1) is 6.10 Å². The number of nitrogens with zero attached hydrogens (tertiary/aromatic N) is 3. The van der Waals surface area contributed by atoms with Crippen LogP contribution in [0.1, 0.15) is 51.0 Å². The van der Waals surface area contributed by atoms with Crippen LogP contribution in [-0.4, -0.2) is 76.6 Å². The van der Waals surface area contributed by atoms with Gasteiger partial charge < -0.3 is 20.6 Å². The van der Waals surface area contributed by atoms with E-state index in [0.29, 0.717) is 17.9 Å². The molecule has 0 aromatic carbocycles. The molecule has 1 fully saturated rings. The van der Waals surface area contributed by atoms with Gasteiger partial charge in [-0.2, -0.15) is 0 Å². The molecule has 1 atom stereocenters. The molecular weight excluding hydrogens is 450 g/mol. The van der Waals surface area contributed by atoms with Gasteiger partial charge in [-0.3, -0.25) is 14.5 Å². The minimum atomic E-state index is -0.628.